The van der Waals surface area contributed by atoms with Gasteiger partial charge in [-0.3, -0.25) is 19.3 Å². The molecule has 3 aliphatic rings. The number of nitrogens with two attached hydrogens (primary N) is 1. The Balaban J connectivity index is 1.57. The third-order valence-corrected chi connectivity index (χ3v) is 9.19. The predicted molar refractivity (Wildman–Crippen MR) is 159 cm³/mol. The van der Waals surface area contributed by atoms with Crippen LogP contribution in [0, 0.1) is 11.8 Å². The number of nitrogens with zero attached hydrogens (tertiary/aromatic N) is 3. The maximum Gasteiger partial charge on any atom is 0.252 e. The number of benzene rings is 1. The van der Waals surface area contributed by atoms with E-state index in [0.29, 0.717) is 29.0 Å². The summed E-state index contributed by atoms with van der Waals surface area (Å²) in [6.07, 6.45) is 0.434. The lowest BCUT2D eigenvalue weighted by molar-refractivity contribution is -0.146. The molecular formula is C32H40N4O7. The number of carbonyl (C=O) groups is 3. The maximum atomic E-state index is 14.0. The molecule has 0 unspecified atom stereocenters. The van der Waals surface area contributed by atoms with Gasteiger partial charge in [-0.05, 0) is 96.3 Å². The number of likely N-dealkylation sites (N-methyl/N-ethyl adjacent to an activating group) is 3. The van der Waals surface area contributed by atoms with Crippen molar-refractivity contribution >= 4 is 17.5 Å². The van der Waals surface area contributed by atoms with Crippen LogP contribution < -0.4 is 5.73 Å². The van der Waals surface area contributed by atoms with Gasteiger partial charge in [-0.25, -0.2) is 0 Å². The lowest BCUT2D eigenvalue weighted by atomic mass is 9.57. The number of ketones is 2. The van der Waals surface area contributed by atoms with Crippen LogP contribution >= 0.6 is 0 Å². The minimum absolute atomic E-state index is 0.00679. The zero-order chi connectivity index (χ0) is 31.5. The topological polar surface area (TPSA) is 161 Å². The molecule has 4 atom stereocenters. The maximum absolute atomic E-state index is 14.0. The molecule has 43 heavy (non-hydrogen) atoms. The van der Waals surface area contributed by atoms with E-state index in [9.17, 15) is 29.7 Å². The van der Waals surface area contributed by atoms with Gasteiger partial charge in [-0.1, -0.05) is 0 Å². The fourth-order valence-corrected chi connectivity index (χ4v) is 7.19. The van der Waals surface area contributed by atoms with Crippen molar-refractivity contribution in [3.8, 4) is 17.1 Å². The monoisotopic (exact) mass is 592 g/mol. The molecule has 1 aromatic heterocycles. The van der Waals surface area contributed by atoms with Crippen molar-refractivity contribution in [1.29, 1.82) is 0 Å². The van der Waals surface area contributed by atoms with Crippen LogP contribution in [0.4, 0.5) is 0 Å². The Morgan fingerprint density at radius 1 is 1.07 bits per heavy atom. The largest absolute Gasteiger partial charge is 0.508 e. The van der Waals surface area contributed by atoms with Crippen LogP contribution in [-0.2, 0) is 22.6 Å². The summed E-state index contributed by atoms with van der Waals surface area (Å²) in [5.41, 5.74) is 4.16. The van der Waals surface area contributed by atoms with Crippen LogP contribution in [0.15, 0.2) is 51.2 Å². The molecule has 2 aromatic rings. The molecule has 5 rings (SSSR count). The number of fused-ring (bicyclic) bond motifs is 3. The summed E-state index contributed by atoms with van der Waals surface area (Å²) in [5, 5.41) is 34.3. The van der Waals surface area contributed by atoms with Crippen molar-refractivity contribution in [2.75, 3.05) is 48.3 Å². The second-order valence-corrected chi connectivity index (χ2v) is 12.6. The van der Waals surface area contributed by atoms with Gasteiger partial charge in [0.2, 0.25) is 5.78 Å². The lowest BCUT2D eigenvalue weighted by Gasteiger charge is -2.51. The number of rotatable bonds is 8. The summed E-state index contributed by atoms with van der Waals surface area (Å²) in [5.74, 6) is -3.86. The molecule has 3 aliphatic carbocycles. The molecule has 0 saturated carbocycles. The lowest BCUT2D eigenvalue weighted by Crippen LogP contribution is -2.63. The highest BCUT2D eigenvalue weighted by molar-refractivity contribution is 6.25. The molecule has 230 valence electrons. The first-order chi connectivity index (χ1) is 20.2. The van der Waals surface area contributed by atoms with E-state index in [2.05, 4.69) is 9.80 Å². The highest BCUT2D eigenvalue weighted by Gasteiger charge is 2.62. The first-order valence-electron chi connectivity index (χ1n) is 14.4. The normalized spacial score (nSPS) is 25.5. The Hall–Kier alpha value is -3.77. The summed E-state index contributed by atoms with van der Waals surface area (Å²) in [6, 6.07) is 6.25. The van der Waals surface area contributed by atoms with Crippen molar-refractivity contribution in [3.05, 3.63) is 63.6 Å². The quantitative estimate of drug-likeness (QED) is 0.333. The van der Waals surface area contributed by atoms with E-state index < -0.39 is 46.7 Å². The number of aliphatic hydroxyl groups excluding tert-OH is 1. The average molecular weight is 593 g/mol. The molecule has 11 nitrogen and oxygen atoms in total. The fourth-order valence-electron chi connectivity index (χ4n) is 7.19. The van der Waals surface area contributed by atoms with Gasteiger partial charge in [-0.2, -0.15) is 0 Å². The average Bonchev–Trinajstić information content (AvgIpc) is 3.37. The minimum Gasteiger partial charge on any atom is -0.508 e. The summed E-state index contributed by atoms with van der Waals surface area (Å²) in [6.45, 7) is 3.97. The third kappa shape index (κ3) is 4.90. The second kappa shape index (κ2) is 11.1. The molecule has 1 heterocycles. The Bertz CT molecular complexity index is 1570. The van der Waals surface area contributed by atoms with Gasteiger partial charge in [0.25, 0.3) is 5.91 Å². The molecule has 11 heteroatoms. The highest BCUT2D eigenvalue weighted by atomic mass is 16.3. The predicted octanol–water partition coefficient (Wildman–Crippen LogP) is 1.88. The van der Waals surface area contributed by atoms with Crippen LogP contribution in [0.25, 0.3) is 11.3 Å². The molecule has 0 saturated heterocycles. The van der Waals surface area contributed by atoms with Gasteiger partial charge in [0, 0.05) is 36.2 Å². The molecule has 1 aromatic carbocycles. The number of phenols is 1. The van der Waals surface area contributed by atoms with E-state index in [0.717, 1.165) is 18.8 Å². The standard InChI is InChI=1S/C32H40N4O7/c1-16-24(31(33)41)29(39)32(42)21(27(16)35(4)5)14-17-13-20-19(8-9-22(37)26(20)28(38)25(17)30(32)40)23-10-7-18(43-23)15-36(6)12-11-34(2)3/h7-10,17,21,27,37,40,42H,11-15H2,1-6H3,(H2,33,41)/t17-,21-,27+,32+/m0/s1. The molecule has 0 spiro atoms. The van der Waals surface area contributed by atoms with Crippen LogP contribution in [0.5, 0.6) is 5.75 Å². The van der Waals surface area contributed by atoms with E-state index in [1.54, 1.807) is 32.0 Å². The van der Waals surface area contributed by atoms with Crippen molar-refractivity contribution in [2.45, 2.75) is 38.0 Å². The number of carbonyl (C=O) groups excluding carboxylic acids is 3. The highest BCUT2D eigenvalue weighted by Crippen LogP contribution is 2.53. The summed E-state index contributed by atoms with van der Waals surface area (Å²) >= 11 is 0. The Labute approximate surface area is 250 Å². The van der Waals surface area contributed by atoms with Gasteiger partial charge < -0.3 is 35.3 Å². The molecule has 0 radical (unpaired) electrons. The molecule has 1 amide bonds. The van der Waals surface area contributed by atoms with Crippen molar-refractivity contribution in [3.63, 3.8) is 0 Å². The number of phenolic OH excluding ortho intramolecular Hbond substituents is 1. The van der Waals surface area contributed by atoms with Crippen LogP contribution in [0.3, 0.4) is 0 Å². The molecule has 0 bridgehead atoms. The SMILES string of the molecule is CC1=C(C(N)=O)C(=O)[C@@]2(O)C(O)=C3C(=O)c4c(O)ccc(-c5ccc(CN(C)CCN(C)C)o5)c4C[C@H]3C[C@H]2[C@@H]1N(C)C. The van der Waals surface area contributed by atoms with Gasteiger partial charge in [0.05, 0.1) is 17.7 Å². The number of primary amides is 1. The van der Waals surface area contributed by atoms with Crippen LogP contribution in [0.2, 0.25) is 0 Å². The number of amides is 1. The smallest absolute Gasteiger partial charge is 0.252 e. The van der Waals surface area contributed by atoms with Gasteiger partial charge in [-0.15, -0.1) is 0 Å². The van der Waals surface area contributed by atoms with E-state index in [-0.39, 0.29) is 35.3 Å². The fraction of sp³-hybridized carbons (Fsp3) is 0.469. The number of aliphatic hydroxyl groups is 2. The van der Waals surface area contributed by atoms with Crippen molar-refractivity contribution < 1.29 is 34.1 Å². The second-order valence-electron chi connectivity index (χ2n) is 12.6. The summed E-state index contributed by atoms with van der Waals surface area (Å²) < 4.78 is 6.21. The van der Waals surface area contributed by atoms with Crippen LogP contribution in [0.1, 0.15) is 35.0 Å². The number of allylic oxidation sites excluding steroid dienone is 1. The van der Waals surface area contributed by atoms with E-state index in [1.165, 1.54) is 6.07 Å². The number of hydrogen-bond acceptors (Lipinski definition) is 10. The minimum atomic E-state index is -2.51. The van der Waals surface area contributed by atoms with E-state index in [4.69, 9.17) is 10.2 Å². The van der Waals surface area contributed by atoms with Gasteiger partial charge in [0.15, 0.2) is 11.4 Å². The molecule has 0 fully saturated rings. The van der Waals surface area contributed by atoms with Crippen LogP contribution in [-0.4, -0.2) is 107 Å². The number of hydrogen-bond donors (Lipinski definition) is 4. The Morgan fingerprint density at radius 3 is 2.40 bits per heavy atom. The third-order valence-electron chi connectivity index (χ3n) is 9.19. The first kappa shape index (κ1) is 30.7. The molecular weight excluding hydrogens is 552 g/mol. The number of Topliss-reactive ketones (excluding diaryl/α,β-unsaturated/α-hetero) is 2. The molecule has 0 aliphatic heterocycles. The molecule has 5 N–H and O–H groups in total. The Morgan fingerprint density at radius 2 is 1.77 bits per heavy atom. The zero-order valence-electron chi connectivity index (χ0n) is 25.5. The van der Waals surface area contributed by atoms with E-state index >= 15 is 0 Å². The Kier molecular flexibility index (Phi) is 7.89. The first-order valence-corrected chi connectivity index (χ1v) is 14.4. The van der Waals surface area contributed by atoms with Gasteiger partial charge >= 0.3 is 0 Å². The number of furan rings is 1. The van der Waals surface area contributed by atoms with Crippen molar-refractivity contribution in [2.24, 2.45) is 17.6 Å². The number of aromatic hydroxyl groups is 1. The van der Waals surface area contributed by atoms with Crippen molar-refractivity contribution in [1.82, 2.24) is 14.7 Å². The van der Waals surface area contributed by atoms with E-state index in [1.807, 2.05) is 33.3 Å². The summed E-state index contributed by atoms with van der Waals surface area (Å²) in [7, 11) is 9.55. The summed E-state index contributed by atoms with van der Waals surface area (Å²) in [4.78, 5) is 45.9. The van der Waals surface area contributed by atoms with Gasteiger partial charge in [0.1, 0.15) is 23.0 Å². The zero-order valence-corrected chi connectivity index (χ0v) is 25.5.